The number of amides is 1. The third kappa shape index (κ3) is 6.16. The lowest BCUT2D eigenvalue weighted by atomic mass is 10.1. The molecule has 0 spiro atoms. The van der Waals surface area contributed by atoms with Crippen LogP contribution in [-0.4, -0.2) is 37.4 Å². The van der Waals surface area contributed by atoms with Crippen LogP contribution in [0.4, 0.5) is 0 Å². The smallest absolute Gasteiger partial charge is 0.238 e. The van der Waals surface area contributed by atoms with Crippen LogP contribution < -0.4 is 22.5 Å². The van der Waals surface area contributed by atoms with E-state index in [1.165, 1.54) is 0 Å². The molecule has 0 aliphatic carbocycles. The Morgan fingerprint density at radius 3 is 2.47 bits per heavy atom. The molecule has 0 aliphatic heterocycles. The van der Waals surface area contributed by atoms with Gasteiger partial charge in [0.1, 0.15) is 6.29 Å². The molecule has 88 valence electrons. The molecule has 0 aromatic heterocycles. The van der Waals surface area contributed by atoms with Gasteiger partial charge in [0.2, 0.25) is 5.91 Å². The van der Waals surface area contributed by atoms with Gasteiger partial charge in [0.05, 0.1) is 12.1 Å². The fourth-order valence-corrected chi connectivity index (χ4v) is 1.08. The summed E-state index contributed by atoms with van der Waals surface area (Å²) in [6, 6.07) is -1.23. The Labute approximate surface area is 89.6 Å². The molecule has 0 bridgehead atoms. The zero-order chi connectivity index (χ0) is 11.7. The summed E-state index contributed by atoms with van der Waals surface area (Å²) in [6.45, 7) is 0.655. The molecule has 6 heteroatoms. The van der Waals surface area contributed by atoms with Crippen LogP contribution in [0.5, 0.6) is 0 Å². The lowest BCUT2D eigenvalue weighted by Crippen LogP contribution is -2.49. The van der Waals surface area contributed by atoms with Crippen molar-refractivity contribution in [3.63, 3.8) is 0 Å². The minimum Gasteiger partial charge on any atom is -0.345 e. The SMILES string of the molecule is NCCCC[C@@H](C=O)NC(=O)[C@H](N)CN. The molecule has 7 N–H and O–H groups in total. The maximum atomic E-state index is 11.3. The summed E-state index contributed by atoms with van der Waals surface area (Å²) in [5.41, 5.74) is 15.9. The van der Waals surface area contributed by atoms with Gasteiger partial charge in [0.15, 0.2) is 0 Å². The van der Waals surface area contributed by atoms with E-state index in [2.05, 4.69) is 5.32 Å². The summed E-state index contributed by atoms with van der Waals surface area (Å²) in [7, 11) is 0. The minimum atomic E-state index is -0.748. The first-order valence-electron chi connectivity index (χ1n) is 5.07. The third-order valence-electron chi connectivity index (χ3n) is 2.05. The molecule has 6 nitrogen and oxygen atoms in total. The van der Waals surface area contributed by atoms with Gasteiger partial charge in [-0.2, -0.15) is 0 Å². The molecular weight excluding hydrogens is 196 g/mol. The van der Waals surface area contributed by atoms with Crippen molar-refractivity contribution in [3.05, 3.63) is 0 Å². The standard InChI is InChI=1S/C9H20N4O2/c10-4-2-1-3-7(6-14)13-9(15)8(12)5-11/h6-8H,1-5,10-12H2,(H,13,15)/t7-,8+/m0/s1. The van der Waals surface area contributed by atoms with Crippen LogP contribution in [0.3, 0.4) is 0 Å². The molecule has 0 aromatic carbocycles. The highest BCUT2D eigenvalue weighted by Gasteiger charge is 2.15. The Balaban J connectivity index is 3.87. The van der Waals surface area contributed by atoms with E-state index in [0.717, 1.165) is 12.8 Å². The van der Waals surface area contributed by atoms with Crippen molar-refractivity contribution in [2.24, 2.45) is 17.2 Å². The summed E-state index contributed by atoms with van der Waals surface area (Å²) in [5.74, 6) is -0.387. The van der Waals surface area contributed by atoms with Crippen LogP contribution in [0.15, 0.2) is 0 Å². The zero-order valence-electron chi connectivity index (χ0n) is 8.82. The molecule has 0 fully saturated rings. The molecule has 0 heterocycles. The number of aldehydes is 1. The topological polar surface area (TPSA) is 124 Å². The van der Waals surface area contributed by atoms with Crippen molar-refractivity contribution in [1.29, 1.82) is 0 Å². The summed E-state index contributed by atoms with van der Waals surface area (Å²) in [6.07, 6.45) is 2.93. The van der Waals surface area contributed by atoms with Crippen molar-refractivity contribution >= 4 is 12.2 Å². The maximum absolute atomic E-state index is 11.3. The fourth-order valence-electron chi connectivity index (χ4n) is 1.08. The van der Waals surface area contributed by atoms with E-state index in [1.807, 2.05) is 0 Å². The molecule has 0 aromatic rings. The second kappa shape index (κ2) is 8.34. The summed E-state index contributed by atoms with van der Waals surface area (Å²) < 4.78 is 0. The highest BCUT2D eigenvalue weighted by molar-refractivity contribution is 5.84. The largest absolute Gasteiger partial charge is 0.345 e. The van der Waals surface area contributed by atoms with E-state index in [-0.39, 0.29) is 12.5 Å². The first kappa shape index (κ1) is 14.0. The molecule has 0 unspecified atom stereocenters. The van der Waals surface area contributed by atoms with E-state index in [9.17, 15) is 9.59 Å². The van der Waals surface area contributed by atoms with E-state index in [4.69, 9.17) is 17.2 Å². The Morgan fingerprint density at radius 1 is 1.33 bits per heavy atom. The average molecular weight is 216 g/mol. The summed E-state index contributed by atoms with van der Waals surface area (Å²) in [4.78, 5) is 21.9. The zero-order valence-corrected chi connectivity index (χ0v) is 8.82. The number of nitrogens with two attached hydrogens (primary N) is 3. The molecule has 0 saturated heterocycles. The second-order valence-electron chi connectivity index (χ2n) is 3.38. The van der Waals surface area contributed by atoms with Gasteiger partial charge in [-0.25, -0.2) is 0 Å². The quantitative estimate of drug-likeness (QED) is 0.278. The second-order valence-corrected chi connectivity index (χ2v) is 3.38. The lowest BCUT2D eigenvalue weighted by molar-refractivity contribution is -0.125. The first-order valence-corrected chi connectivity index (χ1v) is 5.07. The minimum absolute atomic E-state index is 0.0697. The van der Waals surface area contributed by atoms with Crippen LogP contribution in [0, 0.1) is 0 Å². The number of rotatable bonds is 8. The molecule has 15 heavy (non-hydrogen) atoms. The van der Waals surface area contributed by atoms with Gasteiger partial charge in [0, 0.05) is 6.54 Å². The molecule has 2 atom stereocenters. The number of hydrogen-bond acceptors (Lipinski definition) is 5. The number of unbranched alkanes of at least 4 members (excludes halogenated alkanes) is 1. The van der Waals surface area contributed by atoms with E-state index in [0.29, 0.717) is 19.3 Å². The summed E-state index contributed by atoms with van der Waals surface area (Å²) in [5, 5.41) is 2.52. The van der Waals surface area contributed by atoms with Gasteiger partial charge in [0.25, 0.3) is 0 Å². The molecule has 0 radical (unpaired) electrons. The van der Waals surface area contributed by atoms with Gasteiger partial charge in [-0.3, -0.25) is 4.79 Å². The fraction of sp³-hybridized carbons (Fsp3) is 0.778. The summed E-state index contributed by atoms with van der Waals surface area (Å²) >= 11 is 0. The monoisotopic (exact) mass is 216 g/mol. The first-order chi connectivity index (χ1) is 7.15. The van der Waals surface area contributed by atoms with Gasteiger partial charge in [-0.05, 0) is 25.8 Å². The highest BCUT2D eigenvalue weighted by atomic mass is 16.2. The van der Waals surface area contributed by atoms with Gasteiger partial charge >= 0.3 is 0 Å². The van der Waals surface area contributed by atoms with Gasteiger partial charge in [-0.1, -0.05) is 0 Å². The lowest BCUT2D eigenvalue weighted by Gasteiger charge is -2.15. The Hall–Kier alpha value is -0.980. The van der Waals surface area contributed by atoms with Crippen molar-refractivity contribution in [1.82, 2.24) is 5.32 Å². The van der Waals surface area contributed by atoms with Crippen molar-refractivity contribution in [2.45, 2.75) is 31.3 Å². The Kier molecular flexibility index (Phi) is 7.79. The van der Waals surface area contributed by atoms with Crippen LogP contribution in [-0.2, 0) is 9.59 Å². The Bertz CT molecular complexity index is 199. The molecule has 0 saturated carbocycles. The predicted octanol–water partition coefficient (Wildman–Crippen LogP) is -1.91. The molecular formula is C9H20N4O2. The number of carbonyl (C=O) groups is 2. The number of carbonyl (C=O) groups excluding carboxylic acids is 2. The van der Waals surface area contributed by atoms with Crippen LogP contribution in [0.2, 0.25) is 0 Å². The van der Waals surface area contributed by atoms with Crippen LogP contribution >= 0.6 is 0 Å². The van der Waals surface area contributed by atoms with Gasteiger partial charge < -0.3 is 27.3 Å². The highest BCUT2D eigenvalue weighted by Crippen LogP contribution is 1.98. The predicted molar refractivity (Wildman–Crippen MR) is 57.9 cm³/mol. The third-order valence-corrected chi connectivity index (χ3v) is 2.05. The van der Waals surface area contributed by atoms with Crippen LogP contribution in [0.1, 0.15) is 19.3 Å². The van der Waals surface area contributed by atoms with Crippen molar-refractivity contribution in [3.8, 4) is 0 Å². The van der Waals surface area contributed by atoms with E-state index >= 15 is 0 Å². The number of nitrogens with one attached hydrogen (secondary N) is 1. The van der Waals surface area contributed by atoms with Crippen molar-refractivity contribution in [2.75, 3.05) is 13.1 Å². The normalized spacial score (nSPS) is 14.3. The molecule has 0 aliphatic rings. The molecule has 1 amide bonds. The van der Waals surface area contributed by atoms with Crippen LogP contribution in [0.25, 0.3) is 0 Å². The van der Waals surface area contributed by atoms with E-state index in [1.54, 1.807) is 0 Å². The Morgan fingerprint density at radius 2 is 2.00 bits per heavy atom. The van der Waals surface area contributed by atoms with E-state index < -0.39 is 12.1 Å². The average Bonchev–Trinajstić information content (AvgIpc) is 2.26. The maximum Gasteiger partial charge on any atom is 0.238 e. The number of hydrogen-bond donors (Lipinski definition) is 4. The van der Waals surface area contributed by atoms with Gasteiger partial charge in [-0.15, -0.1) is 0 Å². The molecule has 0 rings (SSSR count). The van der Waals surface area contributed by atoms with Crippen molar-refractivity contribution < 1.29 is 9.59 Å².